The molecule has 0 amide bonds. The van der Waals surface area contributed by atoms with Crippen molar-refractivity contribution in [2.45, 2.75) is 25.9 Å². The molecule has 0 saturated heterocycles. The largest absolute Gasteiger partial charge is 0.416 e. The van der Waals surface area contributed by atoms with Crippen LogP contribution in [0.5, 0.6) is 0 Å². The topological polar surface area (TPSA) is 25.8 Å². The Hall–Kier alpha value is -1.43. The highest BCUT2D eigenvalue weighted by atomic mass is 79.9. The Balaban J connectivity index is 2.46. The van der Waals surface area contributed by atoms with Gasteiger partial charge in [0, 0.05) is 12.0 Å². The number of nitrogens with zero attached hydrogens (tertiary/aromatic N) is 2. The first-order valence-electron chi connectivity index (χ1n) is 6.11. The predicted octanol–water partition coefficient (Wildman–Crippen LogP) is 4.88. The smallest absolute Gasteiger partial charge is 0.233 e. The molecule has 0 saturated carbocycles. The lowest BCUT2D eigenvalue weighted by molar-refractivity contribution is -0.137. The van der Waals surface area contributed by atoms with Crippen molar-refractivity contribution < 1.29 is 13.2 Å². The van der Waals surface area contributed by atoms with Crippen LogP contribution in [0, 0.1) is 0 Å². The first kappa shape index (κ1) is 15.0. The highest BCUT2D eigenvalue weighted by molar-refractivity contribution is 9.10. The normalized spacial score (nSPS) is 11.7. The first-order chi connectivity index (χ1) is 9.40. The van der Waals surface area contributed by atoms with E-state index in [0.717, 1.165) is 18.6 Å². The van der Waals surface area contributed by atoms with Gasteiger partial charge in [0.2, 0.25) is 0 Å². The van der Waals surface area contributed by atoms with E-state index in [9.17, 15) is 13.2 Å². The van der Waals surface area contributed by atoms with Crippen LogP contribution in [-0.2, 0) is 12.6 Å². The van der Waals surface area contributed by atoms with Crippen molar-refractivity contribution in [1.82, 2.24) is 9.97 Å². The molecule has 2 aromatic rings. The molecule has 0 unspecified atom stereocenters. The van der Waals surface area contributed by atoms with Crippen molar-refractivity contribution in [3.05, 3.63) is 46.3 Å². The van der Waals surface area contributed by atoms with Crippen LogP contribution in [0.2, 0.25) is 0 Å². The summed E-state index contributed by atoms with van der Waals surface area (Å²) in [6, 6.07) is 6.76. The molecule has 0 bridgehead atoms. The third-order valence-electron chi connectivity index (χ3n) is 2.70. The summed E-state index contributed by atoms with van der Waals surface area (Å²) < 4.78 is 38.7. The molecule has 106 valence electrons. The third-order valence-corrected chi connectivity index (χ3v) is 3.11. The summed E-state index contributed by atoms with van der Waals surface area (Å²) in [7, 11) is 0. The second-order valence-electron chi connectivity index (χ2n) is 4.32. The minimum atomic E-state index is -4.35. The molecule has 20 heavy (non-hydrogen) atoms. The third kappa shape index (κ3) is 3.56. The Morgan fingerprint density at radius 3 is 2.55 bits per heavy atom. The Kier molecular flexibility index (Phi) is 4.42. The number of aromatic nitrogens is 2. The fraction of sp³-hybridized carbons (Fsp3) is 0.286. The SMILES string of the molecule is CCCc1nc(Br)cc(-c2cccc(C(F)(F)F)c2)n1. The first-order valence-corrected chi connectivity index (χ1v) is 6.90. The van der Waals surface area contributed by atoms with E-state index in [1.807, 2.05) is 6.92 Å². The fourth-order valence-corrected chi connectivity index (χ4v) is 2.22. The van der Waals surface area contributed by atoms with Gasteiger partial charge in [0.25, 0.3) is 0 Å². The zero-order valence-corrected chi connectivity index (χ0v) is 12.3. The summed E-state index contributed by atoms with van der Waals surface area (Å²) in [4.78, 5) is 8.51. The minimum Gasteiger partial charge on any atom is -0.233 e. The average Bonchev–Trinajstić information content (AvgIpc) is 2.37. The fourth-order valence-electron chi connectivity index (χ4n) is 1.80. The van der Waals surface area contributed by atoms with E-state index in [2.05, 4.69) is 25.9 Å². The van der Waals surface area contributed by atoms with Crippen LogP contribution in [0.4, 0.5) is 13.2 Å². The van der Waals surface area contributed by atoms with Crippen molar-refractivity contribution in [3.63, 3.8) is 0 Å². The molecule has 0 aliphatic heterocycles. The number of alkyl halides is 3. The average molecular weight is 345 g/mol. The van der Waals surface area contributed by atoms with Gasteiger partial charge in [-0.2, -0.15) is 13.2 Å². The van der Waals surface area contributed by atoms with Gasteiger partial charge in [-0.3, -0.25) is 0 Å². The van der Waals surface area contributed by atoms with Gasteiger partial charge in [-0.25, -0.2) is 9.97 Å². The summed E-state index contributed by atoms with van der Waals surface area (Å²) in [5, 5.41) is 0. The standard InChI is InChI=1S/C14H12BrF3N2/c1-2-4-13-19-11(8-12(15)20-13)9-5-3-6-10(7-9)14(16,17)18/h3,5-8H,2,4H2,1H3. The quantitative estimate of drug-likeness (QED) is 0.741. The summed E-state index contributed by atoms with van der Waals surface area (Å²) in [6.07, 6.45) is -2.80. The molecule has 2 nitrogen and oxygen atoms in total. The van der Waals surface area contributed by atoms with Gasteiger partial charge in [-0.1, -0.05) is 19.1 Å². The molecule has 0 spiro atoms. The molecule has 1 aromatic carbocycles. The zero-order chi connectivity index (χ0) is 14.8. The highest BCUT2D eigenvalue weighted by Gasteiger charge is 2.30. The van der Waals surface area contributed by atoms with Crippen LogP contribution in [0.15, 0.2) is 34.9 Å². The molecule has 1 heterocycles. The van der Waals surface area contributed by atoms with Crippen LogP contribution in [0.3, 0.4) is 0 Å². The monoisotopic (exact) mass is 344 g/mol. The molecular weight excluding hydrogens is 333 g/mol. The van der Waals surface area contributed by atoms with Crippen LogP contribution < -0.4 is 0 Å². The number of hydrogen-bond acceptors (Lipinski definition) is 2. The van der Waals surface area contributed by atoms with E-state index in [1.165, 1.54) is 6.07 Å². The molecule has 0 aliphatic rings. The summed E-state index contributed by atoms with van der Waals surface area (Å²) in [5.74, 6) is 0.620. The maximum absolute atomic E-state index is 12.7. The van der Waals surface area contributed by atoms with Crippen LogP contribution in [-0.4, -0.2) is 9.97 Å². The Labute approximate surface area is 123 Å². The highest BCUT2D eigenvalue weighted by Crippen LogP contribution is 2.32. The van der Waals surface area contributed by atoms with E-state index in [4.69, 9.17) is 0 Å². The minimum absolute atomic E-state index is 0.431. The summed E-state index contributed by atoms with van der Waals surface area (Å²) in [5.41, 5.74) is 0.239. The van der Waals surface area contributed by atoms with Crippen molar-refractivity contribution in [2.24, 2.45) is 0 Å². The number of rotatable bonds is 3. The van der Waals surface area contributed by atoms with E-state index >= 15 is 0 Å². The molecule has 1 aromatic heterocycles. The molecule has 0 aliphatic carbocycles. The Bertz CT molecular complexity index is 612. The van der Waals surface area contributed by atoms with E-state index in [0.29, 0.717) is 28.1 Å². The molecule has 0 N–H and O–H groups in total. The predicted molar refractivity (Wildman–Crippen MR) is 74.2 cm³/mol. The van der Waals surface area contributed by atoms with E-state index in [1.54, 1.807) is 12.1 Å². The van der Waals surface area contributed by atoms with Crippen molar-refractivity contribution in [2.75, 3.05) is 0 Å². The van der Waals surface area contributed by atoms with Gasteiger partial charge in [0.15, 0.2) is 0 Å². The second-order valence-corrected chi connectivity index (χ2v) is 5.13. The number of halogens is 4. The molecule has 0 radical (unpaired) electrons. The summed E-state index contributed by atoms with van der Waals surface area (Å²) >= 11 is 3.26. The van der Waals surface area contributed by atoms with E-state index < -0.39 is 11.7 Å². The Morgan fingerprint density at radius 2 is 1.90 bits per heavy atom. The van der Waals surface area contributed by atoms with Crippen molar-refractivity contribution >= 4 is 15.9 Å². The zero-order valence-electron chi connectivity index (χ0n) is 10.7. The maximum Gasteiger partial charge on any atom is 0.416 e. The van der Waals surface area contributed by atoms with E-state index in [-0.39, 0.29) is 0 Å². The lowest BCUT2D eigenvalue weighted by Crippen LogP contribution is -2.05. The molecular formula is C14H12BrF3N2. The van der Waals surface area contributed by atoms with Gasteiger partial charge >= 0.3 is 6.18 Å². The molecule has 0 fully saturated rings. The second kappa shape index (κ2) is 5.91. The van der Waals surface area contributed by atoms with Gasteiger partial charge < -0.3 is 0 Å². The maximum atomic E-state index is 12.7. The van der Waals surface area contributed by atoms with Gasteiger partial charge in [0.05, 0.1) is 11.3 Å². The van der Waals surface area contributed by atoms with Crippen LogP contribution in [0.25, 0.3) is 11.3 Å². The number of aryl methyl sites for hydroxylation is 1. The van der Waals surface area contributed by atoms with Crippen molar-refractivity contribution in [1.29, 1.82) is 0 Å². The van der Waals surface area contributed by atoms with Gasteiger partial charge in [0.1, 0.15) is 10.4 Å². The molecule has 6 heteroatoms. The van der Waals surface area contributed by atoms with Gasteiger partial charge in [-0.05, 0) is 40.5 Å². The van der Waals surface area contributed by atoms with Crippen molar-refractivity contribution in [3.8, 4) is 11.3 Å². The molecule has 0 atom stereocenters. The lowest BCUT2D eigenvalue weighted by Gasteiger charge is -2.09. The number of benzene rings is 1. The van der Waals surface area contributed by atoms with Crippen LogP contribution >= 0.6 is 15.9 Å². The van der Waals surface area contributed by atoms with Crippen LogP contribution in [0.1, 0.15) is 24.7 Å². The lowest BCUT2D eigenvalue weighted by atomic mass is 10.1. The Morgan fingerprint density at radius 1 is 1.15 bits per heavy atom. The number of hydrogen-bond donors (Lipinski definition) is 0. The van der Waals surface area contributed by atoms with Gasteiger partial charge in [-0.15, -0.1) is 0 Å². The molecule has 2 rings (SSSR count). The summed E-state index contributed by atoms with van der Waals surface area (Å²) in [6.45, 7) is 1.99.